The molecule has 1 saturated heterocycles. The van der Waals surface area contributed by atoms with Gasteiger partial charge in [0, 0.05) is 5.56 Å². The lowest BCUT2D eigenvalue weighted by Crippen LogP contribution is -2.19. The summed E-state index contributed by atoms with van der Waals surface area (Å²) in [5, 5.41) is 11.9. The summed E-state index contributed by atoms with van der Waals surface area (Å²) in [5.41, 5.74) is 0.564. The number of hydrogen-bond acceptors (Lipinski definition) is 4. The number of carboxylic acids is 1. The standard InChI is InChI=1S/C17H11FN2O3S/c18-12-7-3-1-5-10(12)9-14-15(21)20-17(24-14)19-13-8-4-2-6-11(13)16(22)23/h1-9H,(H,22,23)(H,19,20,21)/b14-9-. The summed E-state index contributed by atoms with van der Waals surface area (Å²) in [6.07, 6.45) is 1.43. The summed E-state index contributed by atoms with van der Waals surface area (Å²) in [7, 11) is 0. The largest absolute Gasteiger partial charge is 0.478 e. The molecule has 0 saturated carbocycles. The van der Waals surface area contributed by atoms with Gasteiger partial charge in [0.2, 0.25) is 0 Å². The highest BCUT2D eigenvalue weighted by Gasteiger charge is 2.24. The highest BCUT2D eigenvalue weighted by Crippen LogP contribution is 2.29. The molecule has 0 unspecified atom stereocenters. The van der Waals surface area contributed by atoms with Crippen LogP contribution in [-0.2, 0) is 4.79 Å². The molecule has 0 atom stereocenters. The summed E-state index contributed by atoms with van der Waals surface area (Å²) in [6.45, 7) is 0. The Balaban J connectivity index is 1.91. The fourth-order valence-corrected chi connectivity index (χ4v) is 2.90. The lowest BCUT2D eigenvalue weighted by molar-refractivity contribution is -0.115. The van der Waals surface area contributed by atoms with Crippen LogP contribution in [0.5, 0.6) is 0 Å². The number of nitrogens with zero attached hydrogens (tertiary/aromatic N) is 1. The Kier molecular flexibility index (Phi) is 4.43. The number of carboxylic acid groups (broad SMARTS) is 1. The second kappa shape index (κ2) is 6.67. The number of hydrogen-bond donors (Lipinski definition) is 2. The predicted molar refractivity (Wildman–Crippen MR) is 90.6 cm³/mol. The van der Waals surface area contributed by atoms with Crippen molar-refractivity contribution in [2.45, 2.75) is 0 Å². The summed E-state index contributed by atoms with van der Waals surface area (Å²) < 4.78 is 13.7. The number of rotatable bonds is 3. The van der Waals surface area contributed by atoms with Gasteiger partial charge in [0.1, 0.15) is 5.82 Å². The van der Waals surface area contributed by atoms with Crippen molar-refractivity contribution in [2.24, 2.45) is 4.99 Å². The van der Waals surface area contributed by atoms with Crippen molar-refractivity contribution in [1.29, 1.82) is 0 Å². The number of aromatic carboxylic acids is 1. The molecular formula is C17H11FN2O3S. The second-order valence-corrected chi connectivity index (χ2v) is 5.86. The van der Waals surface area contributed by atoms with Gasteiger partial charge in [-0.3, -0.25) is 4.79 Å². The van der Waals surface area contributed by atoms with Gasteiger partial charge in [-0.2, -0.15) is 0 Å². The van der Waals surface area contributed by atoms with Gasteiger partial charge in [-0.25, -0.2) is 14.2 Å². The molecule has 0 aliphatic carbocycles. The topological polar surface area (TPSA) is 78.8 Å². The smallest absolute Gasteiger partial charge is 0.337 e. The monoisotopic (exact) mass is 342 g/mol. The van der Waals surface area contributed by atoms with Crippen LogP contribution in [-0.4, -0.2) is 22.2 Å². The number of amides is 1. The maximum absolute atomic E-state index is 13.7. The Hall–Kier alpha value is -2.93. The van der Waals surface area contributed by atoms with E-state index in [1.807, 2.05) is 0 Å². The van der Waals surface area contributed by atoms with Crippen LogP contribution in [0.3, 0.4) is 0 Å². The molecule has 5 nitrogen and oxygen atoms in total. The van der Waals surface area contributed by atoms with Crippen LogP contribution in [0.15, 0.2) is 58.4 Å². The summed E-state index contributed by atoms with van der Waals surface area (Å²) in [4.78, 5) is 27.6. The number of thioether (sulfide) groups is 1. The van der Waals surface area contributed by atoms with Crippen molar-refractivity contribution in [2.75, 3.05) is 0 Å². The number of para-hydroxylation sites is 1. The van der Waals surface area contributed by atoms with Crippen molar-refractivity contribution < 1.29 is 19.1 Å². The molecule has 0 bridgehead atoms. The molecule has 3 rings (SSSR count). The fourth-order valence-electron chi connectivity index (χ4n) is 2.08. The van der Waals surface area contributed by atoms with E-state index in [-0.39, 0.29) is 21.3 Å². The predicted octanol–water partition coefficient (Wildman–Crippen LogP) is 3.42. The van der Waals surface area contributed by atoms with Gasteiger partial charge in [-0.15, -0.1) is 0 Å². The third-order valence-corrected chi connectivity index (χ3v) is 4.11. The minimum atomic E-state index is -1.11. The van der Waals surface area contributed by atoms with Crippen LogP contribution in [0.4, 0.5) is 10.1 Å². The Labute approximate surface area is 140 Å². The first-order valence-corrected chi connectivity index (χ1v) is 7.72. The minimum Gasteiger partial charge on any atom is -0.478 e. The Bertz CT molecular complexity index is 893. The van der Waals surface area contributed by atoms with Crippen molar-refractivity contribution in [3.63, 3.8) is 0 Å². The van der Waals surface area contributed by atoms with Crippen molar-refractivity contribution in [3.05, 3.63) is 70.4 Å². The number of halogens is 1. The summed E-state index contributed by atoms with van der Waals surface area (Å²) in [6, 6.07) is 12.3. The van der Waals surface area contributed by atoms with E-state index in [4.69, 9.17) is 5.11 Å². The molecule has 1 fully saturated rings. The maximum atomic E-state index is 13.7. The number of benzene rings is 2. The second-order valence-electron chi connectivity index (χ2n) is 4.83. The van der Waals surface area contributed by atoms with Crippen molar-refractivity contribution in [1.82, 2.24) is 5.32 Å². The third-order valence-electron chi connectivity index (χ3n) is 3.20. The van der Waals surface area contributed by atoms with Gasteiger partial charge in [0.25, 0.3) is 5.91 Å². The first-order valence-electron chi connectivity index (χ1n) is 6.91. The van der Waals surface area contributed by atoms with E-state index in [9.17, 15) is 14.0 Å². The number of carbonyl (C=O) groups is 2. The first kappa shape index (κ1) is 15.9. The number of amidine groups is 1. The zero-order valence-electron chi connectivity index (χ0n) is 12.2. The molecule has 1 aliphatic heterocycles. The molecule has 1 aliphatic rings. The molecule has 0 spiro atoms. The molecular weight excluding hydrogens is 331 g/mol. The zero-order chi connectivity index (χ0) is 17.1. The number of carbonyl (C=O) groups excluding carboxylic acids is 1. The normalized spacial score (nSPS) is 17.3. The van der Waals surface area contributed by atoms with Crippen LogP contribution in [0.1, 0.15) is 15.9 Å². The van der Waals surface area contributed by atoms with Gasteiger partial charge in [-0.1, -0.05) is 30.3 Å². The van der Waals surface area contributed by atoms with Gasteiger partial charge in [-0.05, 0) is 36.0 Å². The van der Waals surface area contributed by atoms with E-state index in [1.165, 1.54) is 18.2 Å². The molecule has 1 heterocycles. The molecule has 24 heavy (non-hydrogen) atoms. The number of aliphatic imine (C=N–C) groups is 1. The third kappa shape index (κ3) is 3.36. The minimum absolute atomic E-state index is 0.0337. The van der Waals surface area contributed by atoms with Gasteiger partial charge in [0.05, 0.1) is 16.2 Å². The lowest BCUT2D eigenvalue weighted by atomic mass is 10.2. The van der Waals surface area contributed by atoms with E-state index in [2.05, 4.69) is 10.3 Å². The van der Waals surface area contributed by atoms with Crippen LogP contribution >= 0.6 is 11.8 Å². The quantitative estimate of drug-likeness (QED) is 0.838. The van der Waals surface area contributed by atoms with Crippen LogP contribution in [0.2, 0.25) is 0 Å². The molecule has 120 valence electrons. The number of nitrogens with one attached hydrogen (secondary N) is 1. The molecule has 2 aromatic rings. The highest BCUT2D eigenvalue weighted by atomic mass is 32.2. The van der Waals surface area contributed by atoms with Crippen molar-refractivity contribution >= 4 is 40.6 Å². The summed E-state index contributed by atoms with van der Waals surface area (Å²) >= 11 is 1.03. The average molecular weight is 342 g/mol. The molecule has 2 N–H and O–H groups in total. The fraction of sp³-hybridized carbons (Fsp3) is 0. The van der Waals surface area contributed by atoms with Crippen LogP contribution in [0.25, 0.3) is 6.08 Å². The maximum Gasteiger partial charge on any atom is 0.337 e. The lowest BCUT2D eigenvalue weighted by Gasteiger charge is -2.00. The van der Waals surface area contributed by atoms with E-state index in [0.717, 1.165) is 11.8 Å². The molecule has 1 amide bonds. The van der Waals surface area contributed by atoms with E-state index in [1.54, 1.807) is 36.4 Å². The average Bonchev–Trinajstić information content (AvgIpc) is 2.89. The molecule has 7 heteroatoms. The van der Waals surface area contributed by atoms with E-state index in [0.29, 0.717) is 5.56 Å². The SMILES string of the molecule is O=C1NC(=Nc2ccccc2C(=O)O)S/C1=C\c1ccccc1F. The molecule has 2 aromatic carbocycles. The van der Waals surface area contributed by atoms with Crippen LogP contribution < -0.4 is 5.32 Å². The van der Waals surface area contributed by atoms with Crippen LogP contribution in [0, 0.1) is 5.82 Å². The highest BCUT2D eigenvalue weighted by molar-refractivity contribution is 8.18. The Morgan fingerprint density at radius 3 is 2.62 bits per heavy atom. The van der Waals surface area contributed by atoms with Crippen molar-refractivity contribution in [3.8, 4) is 0 Å². The first-order chi connectivity index (χ1) is 11.5. The summed E-state index contributed by atoms with van der Waals surface area (Å²) in [5.74, 6) is -1.94. The molecule has 0 aromatic heterocycles. The Morgan fingerprint density at radius 1 is 1.17 bits per heavy atom. The Morgan fingerprint density at radius 2 is 1.88 bits per heavy atom. The zero-order valence-corrected chi connectivity index (χ0v) is 13.0. The van der Waals surface area contributed by atoms with E-state index < -0.39 is 17.7 Å². The van der Waals surface area contributed by atoms with Gasteiger partial charge >= 0.3 is 5.97 Å². The molecule has 0 radical (unpaired) electrons. The van der Waals surface area contributed by atoms with E-state index >= 15 is 0 Å². The van der Waals surface area contributed by atoms with Gasteiger partial charge in [0.15, 0.2) is 5.17 Å². The van der Waals surface area contributed by atoms with Gasteiger partial charge < -0.3 is 10.4 Å².